The maximum Gasteiger partial charge on any atom is 0.328 e. The maximum atomic E-state index is 12.1. The van der Waals surface area contributed by atoms with Crippen molar-refractivity contribution in [1.29, 1.82) is 0 Å². The Morgan fingerprint density at radius 3 is 2.57 bits per heavy atom. The molecule has 0 bridgehead atoms. The number of nitrogens with one attached hydrogen (secondary N) is 2. The van der Waals surface area contributed by atoms with E-state index in [0.717, 1.165) is 0 Å². The van der Waals surface area contributed by atoms with Gasteiger partial charge in [-0.1, -0.05) is 11.6 Å². The first-order valence-corrected chi connectivity index (χ1v) is 8.73. The van der Waals surface area contributed by atoms with E-state index in [9.17, 15) is 14.4 Å². The molecule has 0 aliphatic carbocycles. The number of anilines is 1. The number of esters is 1. The van der Waals surface area contributed by atoms with Crippen molar-refractivity contribution in [3.63, 3.8) is 0 Å². The molecular weight excluding hydrogens is 388 g/mol. The molecule has 2 amide bonds. The minimum atomic E-state index is -0.929. The highest BCUT2D eigenvalue weighted by Crippen LogP contribution is 2.34. The monoisotopic (exact) mass is 404 g/mol. The fraction of sp³-hybridized carbons (Fsp3) is 0.211. The van der Waals surface area contributed by atoms with Crippen LogP contribution in [0.1, 0.15) is 17.3 Å². The first kappa shape index (κ1) is 19.5. The van der Waals surface area contributed by atoms with Crippen LogP contribution < -0.4 is 20.1 Å². The SMILES string of the molecule is C[C@H](NC(=O)c1ccc(Cl)cc1)C(=O)OCC(=O)Nc1ccc2c(c1)OCO2. The number of halogens is 1. The summed E-state index contributed by atoms with van der Waals surface area (Å²) >= 11 is 5.77. The zero-order valence-corrected chi connectivity index (χ0v) is 15.6. The summed E-state index contributed by atoms with van der Waals surface area (Å²) in [5.41, 5.74) is 0.832. The predicted octanol–water partition coefficient (Wildman–Crippen LogP) is 2.37. The number of hydrogen-bond donors (Lipinski definition) is 2. The summed E-state index contributed by atoms with van der Waals surface area (Å²) in [6, 6.07) is 10.2. The molecule has 1 atom stereocenters. The van der Waals surface area contributed by atoms with E-state index in [0.29, 0.717) is 27.8 Å². The van der Waals surface area contributed by atoms with Gasteiger partial charge in [0.2, 0.25) is 6.79 Å². The molecule has 0 spiro atoms. The second-order valence-corrected chi connectivity index (χ2v) is 6.36. The Kier molecular flexibility index (Phi) is 6.00. The highest BCUT2D eigenvalue weighted by molar-refractivity contribution is 6.30. The molecule has 28 heavy (non-hydrogen) atoms. The van der Waals surface area contributed by atoms with Crippen LogP contribution in [0.4, 0.5) is 5.69 Å². The summed E-state index contributed by atoms with van der Waals surface area (Å²) in [6.07, 6.45) is 0. The first-order valence-electron chi connectivity index (χ1n) is 8.35. The van der Waals surface area contributed by atoms with E-state index in [1.54, 1.807) is 30.3 Å². The lowest BCUT2D eigenvalue weighted by Gasteiger charge is -2.13. The summed E-state index contributed by atoms with van der Waals surface area (Å²) in [4.78, 5) is 36.0. The normalized spacial score (nSPS) is 12.8. The Morgan fingerprint density at radius 1 is 1.11 bits per heavy atom. The van der Waals surface area contributed by atoms with Gasteiger partial charge < -0.3 is 24.8 Å². The summed E-state index contributed by atoms with van der Waals surface area (Å²) < 4.78 is 15.4. The van der Waals surface area contributed by atoms with Gasteiger partial charge in [0.05, 0.1) is 0 Å². The molecule has 8 nitrogen and oxygen atoms in total. The van der Waals surface area contributed by atoms with Gasteiger partial charge in [0.15, 0.2) is 18.1 Å². The van der Waals surface area contributed by atoms with E-state index >= 15 is 0 Å². The Labute approximate surface area is 165 Å². The third-order valence-electron chi connectivity index (χ3n) is 3.81. The molecule has 9 heteroatoms. The number of rotatable bonds is 6. The number of hydrogen-bond acceptors (Lipinski definition) is 6. The Hall–Kier alpha value is -3.26. The van der Waals surface area contributed by atoms with Crippen molar-refractivity contribution >= 4 is 35.1 Å². The summed E-state index contributed by atoms with van der Waals surface area (Å²) in [5, 5.41) is 5.58. The fourth-order valence-electron chi connectivity index (χ4n) is 2.37. The van der Waals surface area contributed by atoms with E-state index in [-0.39, 0.29) is 6.79 Å². The zero-order chi connectivity index (χ0) is 20.1. The van der Waals surface area contributed by atoms with Gasteiger partial charge in [-0.15, -0.1) is 0 Å². The first-order chi connectivity index (χ1) is 13.4. The molecule has 0 fully saturated rings. The second kappa shape index (κ2) is 8.62. The number of carbonyl (C=O) groups is 3. The predicted molar refractivity (Wildman–Crippen MR) is 101 cm³/mol. The molecule has 0 saturated heterocycles. The standard InChI is InChI=1S/C19H17ClN2O6/c1-11(21-18(24)12-2-4-13(20)5-3-12)19(25)26-9-17(23)22-14-6-7-15-16(8-14)28-10-27-15/h2-8,11H,9-10H2,1H3,(H,21,24)(H,22,23)/t11-/m0/s1. The van der Waals surface area contributed by atoms with Gasteiger partial charge in [-0.25, -0.2) is 4.79 Å². The molecule has 2 N–H and O–H groups in total. The molecule has 146 valence electrons. The smallest absolute Gasteiger partial charge is 0.328 e. The third kappa shape index (κ3) is 4.92. The molecule has 0 radical (unpaired) electrons. The third-order valence-corrected chi connectivity index (χ3v) is 4.06. The van der Waals surface area contributed by atoms with Crippen LogP contribution in [0.5, 0.6) is 11.5 Å². The Balaban J connectivity index is 1.45. The topological polar surface area (TPSA) is 103 Å². The highest BCUT2D eigenvalue weighted by Gasteiger charge is 2.19. The van der Waals surface area contributed by atoms with Gasteiger partial charge in [0.1, 0.15) is 6.04 Å². The van der Waals surface area contributed by atoms with Crippen LogP contribution in [-0.4, -0.2) is 37.2 Å². The molecule has 1 heterocycles. The van der Waals surface area contributed by atoms with Crippen LogP contribution in [0.2, 0.25) is 5.02 Å². The van der Waals surface area contributed by atoms with E-state index in [2.05, 4.69) is 10.6 Å². The number of ether oxygens (including phenoxy) is 3. The number of fused-ring (bicyclic) bond motifs is 1. The average molecular weight is 405 g/mol. The summed E-state index contributed by atoms with van der Waals surface area (Å²) in [5.74, 6) is -0.597. The van der Waals surface area contributed by atoms with E-state index in [4.69, 9.17) is 25.8 Å². The van der Waals surface area contributed by atoms with Gasteiger partial charge in [-0.3, -0.25) is 9.59 Å². The van der Waals surface area contributed by atoms with Crippen LogP contribution >= 0.6 is 11.6 Å². The average Bonchev–Trinajstić information content (AvgIpc) is 3.14. The van der Waals surface area contributed by atoms with Gasteiger partial charge in [-0.2, -0.15) is 0 Å². The van der Waals surface area contributed by atoms with Crippen LogP contribution in [-0.2, 0) is 14.3 Å². The van der Waals surface area contributed by atoms with Crippen LogP contribution in [0.3, 0.4) is 0 Å². The molecule has 1 aliphatic heterocycles. The lowest BCUT2D eigenvalue weighted by Crippen LogP contribution is -2.40. The van der Waals surface area contributed by atoms with E-state index in [1.165, 1.54) is 19.1 Å². The minimum absolute atomic E-state index is 0.129. The van der Waals surface area contributed by atoms with Gasteiger partial charge in [-0.05, 0) is 43.3 Å². The zero-order valence-electron chi connectivity index (χ0n) is 14.9. The fourth-order valence-corrected chi connectivity index (χ4v) is 2.50. The van der Waals surface area contributed by atoms with Crippen molar-refractivity contribution in [2.45, 2.75) is 13.0 Å². The van der Waals surface area contributed by atoms with Crippen molar-refractivity contribution in [1.82, 2.24) is 5.32 Å². The Morgan fingerprint density at radius 2 is 1.82 bits per heavy atom. The molecule has 1 aliphatic rings. The molecule has 0 saturated carbocycles. The van der Waals surface area contributed by atoms with Gasteiger partial charge in [0.25, 0.3) is 11.8 Å². The molecule has 0 unspecified atom stereocenters. The minimum Gasteiger partial charge on any atom is -0.454 e. The maximum absolute atomic E-state index is 12.1. The van der Waals surface area contributed by atoms with Crippen molar-refractivity contribution in [2.75, 3.05) is 18.7 Å². The van der Waals surface area contributed by atoms with Crippen LogP contribution in [0, 0.1) is 0 Å². The lowest BCUT2D eigenvalue weighted by molar-refractivity contribution is -0.148. The number of amides is 2. The van der Waals surface area contributed by atoms with Crippen LogP contribution in [0.25, 0.3) is 0 Å². The largest absolute Gasteiger partial charge is 0.454 e. The van der Waals surface area contributed by atoms with Crippen molar-refractivity contribution in [3.8, 4) is 11.5 Å². The number of benzene rings is 2. The molecule has 0 aromatic heterocycles. The molecule has 2 aromatic rings. The van der Waals surface area contributed by atoms with E-state index in [1.807, 2.05) is 0 Å². The van der Waals surface area contributed by atoms with Crippen LogP contribution in [0.15, 0.2) is 42.5 Å². The van der Waals surface area contributed by atoms with Gasteiger partial charge in [0, 0.05) is 22.3 Å². The lowest BCUT2D eigenvalue weighted by atomic mass is 10.2. The molecule has 3 rings (SSSR count). The quantitative estimate of drug-likeness (QED) is 0.716. The summed E-state index contributed by atoms with van der Waals surface area (Å²) in [6.45, 7) is 1.10. The molecule has 2 aromatic carbocycles. The van der Waals surface area contributed by atoms with Gasteiger partial charge >= 0.3 is 5.97 Å². The Bertz CT molecular complexity index is 900. The molecular formula is C19H17ClN2O6. The van der Waals surface area contributed by atoms with E-state index < -0.39 is 30.4 Å². The second-order valence-electron chi connectivity index (χ2n) is 5.93. The van der Waals surface area contributed by atoms with Crippen molar-refractivity contribution in [2.24, 2.45) is 0 Å². The summed E-state index contributed by atoms with van der Waals surface area (Å²) in [7, 11) is 0. The van der Waals surface area contributed by atoms with Crippen molar-refractivity contribution < 1.29 is 28.6 Å². The highest BCUT2D eigenvalue weighted by atomic mass is 35.5. The van der Waals surface area contributed by atoms with Crippen molar-refractivity contribution in [3.05, 3.63) is 53.1 Å². The number of carbonyl (C=O) groups excluding carboxylic acids is 3.